The minimum Gasteiger partial charge on any atom is -0.497 e. The van der Waals surface area contributed by atoms with E-state index in [1.807, 2.05) is 48.5 Å². The van der Waals surface area contributed by atoms with Crippen LogP contribution in [-0.2, 0) is 29.7 Å². The Morgan fingerprint density at radius 1 is 0.649 bits per heavy atom. The fourth-order valence-corrected chi connectivity index (χ4v) is 5.32. The maximum atomic E-state index is 13.8. The van der Waals surface area contributed by atoms with Gasteiger partial charge in [-0.25, -0.2) is 8.42 Å². The van der Waals surface area contributed by atoms with Gasteiger partial charge in [-0.1, -0.05) is 54.1 Å². The van der Waals surface area contributed by atoms with E-state index in [9.17, 15) is 8.42 Å². The molecule has 7 heteroatoms. The van der Waals surface area contributed by atoms with E-state index in [0.717, 1.165) is 33.9 Å². The van der Waals surface area contributed by atoms with Crippen LogP contribution in [0.4, 0.5) is 5.69 Å². The van der Waals surface area contributed by atoms with Gasteiger partial charge in [-0.15, -0.1) is 0 Å². The zero-order valence-corrected chi connectivity index (χ0v) is 22.2. The van der Waals surface area contributed by atoms with E-state index in [0.29, 0.717) is 6.54 Å². The van der Waals surface area contributed by atoms with E-state index in [4.69, 9.17) is 9.47 Å². The number of nitrogens with one attached hydrogen (secondary N) is 1. The van der Waals surface area contributed by atoms with E-state index in [1.165, 1.54) is 9.87 Å². The molecule has 0 aliphatic heterocycles. The number of hydrogen-bond donors (Lipinski definition) is 1. The van der Waals surface area contributed by atoms with E-state index < -0.39 is 10.0 Å². The Kier molecular flexibility index (Phi) is 8.48. The summed E-state index contributed by atoms with van der Waals surface area (Å²) in [7, 11) is -0.563. The number of rotatable bonds is 11. The van der Waals surface area contributed by atoms with Crippen LogP contribution in [0.15, 0.2) is 102 Å². The second kappa shape index (κ2) is 12.0. The average Bonchev–Trinajstić information content (AvgIpc) is 2.93. The van der Waals surface area contributed by atoms with Crippen LogP contribution in [0.5, 0.6) is 11.5 Å². The third-order valence-corrected chi connectivity index (χ3v) is 7.95. The Hall–Kier alpha value is -3.81. The Morgan fingerprint density at radius 2 is 1.11 bits per heavy atom. The van der Waals surface area contributed by atoms with Gasteiger partial charge in [-0.3, -0.25) is 0 Å². The summed E-state index contributed by atoms with van der Waals surface area (Å²) >= 11 is 0. The van der Waals surface area contributed by atoms with Crippen LogP contribution in [0.2, 0.25) is 0 Å². The lowest BCUT2D eigenvalue weighted by Crippen LogP contribution is -2.30. The molecule has 4 aromatic carbocycles. The highest BCUT2D eigenvalue weighted by molar-refractivity contribution is 7.89. The molecule has 0 saturated carbocycles. The summed E-state index contributed by atoms with van der Waals surface area (Å²) in [6, 6.07) is 30.1. The Morgan fingerprint density at radius 3 is 1.57 bits per heavy atom. The molecule has 0 atom stereocenters. The third kappa shape index (κ3) is 6.90. The minimum atomic E-state index is -3.77. The lowest BCUT2D eigenvalue weighted by molar-refractivity contribution is 0.397. The number of anilines is 1. The lowest BCUT2D eigenvalue weighted by Gasteiger charge is -2.23. The highest BCUT2D eigenvalue weighted by Gasteiger charge is 2.25. The molecular formula is C30H32N2O4S. The van der Waals surface area contributed by atoms with E-state index in [-0.39, 0.29) is 18.0 Å². The molecule has 37 heavy (non-hydrogen) atoms. The SMILES string of the molecule is COc1ccc(CN(Cc2ccc(OC)cc2)S(=O)(=O)c2ccc(NCc3ccc(C)cc3)cc2)cc1. The topological polar surface area (TPSA) is 67.9 Å². The third-order valence-electron chi connectivity index (χ3n) is 6.15. The van der Waals surface area contributed by atoms with Gasteiger partial charge >= 0.3 is 0 Å². The number of nitrogens with zero attached hydrogens (tertiary/aromatic N) is 1. The van der Waals surface area contributed by atoms with Gasteiger partial charge in [0.2, 0.25) is 10.0 Å². The standard InChI is InChI=1S/C30H32N2O4S/c1-23-4-6-24(7-5-23)20-31-27-12-18-30(19-13-27)37(33,34)32(21-25-8-14-28(35-2)15-9-25)22-26-10-16-29(36-3)17-11-26/h4-19,31H,20-22H2,1-3H3. The number of hydrogen-bond acceptors (Lipinski definition) is 5. The molecule has 0 unspecified atom stereocenters. The zero-order chi connectivity index (χ0) is 26.3. The van der Waals surface area contributed by atoms with E-state index in [1.54, 1.807) is 38.5 Å². The van der Waals surface area contributed by atoms with Crippen molar-refractivity contribution in [1.82, 2.24) is 4.31 Å². The first-order chi connectivity index (χ1) is 17.9. The van der Waals surface area contributed by atoms with Gasteiger partial charge in [0.15, 0.2) is 0 Å². The molecule has 0 aliphatic rings. The molecule has 0 radical (unpaired) electrons. The van der Waals surface area contributed by atoms with Crippen molar-refractivity contribution in [3.63, 3.8) is 0 Å². The number of aryl methyl sites for hydroxylation is 1. The normalized spacial score (nSPS) is 11.4. The molecule has 1 N–H and O–H groups in total. The molecule has 0 bridgehead atoms. The maximum absolute atomic E-state index is 13.8. The molecule has 6 nitrogen and oxygen atoms in total. The molecular weight excluding hydrogens is 484 g/mol. The predicted octanol–water partition coefficient (Wildman–Crippen LogP) is 6.02. The molecule has 0 spiro atoms. The molecule has 4 aromatic rings. The van der Waals surface area contributed by atoms with Crippen molar-refractivity contribution in [1.29, 1.82) is 0 Å². The molecule has 0 fully saturated rings. The van der Waals surface area contributed by atoms with Crippen molar-refractivity contribution in [3.8, 4) is 11.5 Å². The van der Waals surface area contributed by atoms with E-state index in [2.05, 4.69) is 36.5 Å². The van der Waals surface area contributed by atoms with Gasteiger partial charge < -0.3 is 14.8 Å². The number of ether oxygens (including phenoxy) is 2. The molecule has 0 amide bonds. The number of benzene rings is 4. The van der Waals surface area contributed by atoms with Crippen LogP contribution in [0.1, 0.15) is 22.3 Å². The Bertz CT molecular complexity index is 1330. The molecule has 0 aromatic heterocycles. The summed E-state index contributed by atoms with van der Waals surface area (Å²) in [4.78, 5) is 0.246. The summed E-state index contributed by atoms with van der Waals surface area (Å²) in [5.74, 6) is 1.45. The van der Waals surface area contributed by atoms with Crippen LogP contribution >= 0.6 is 0 Å². The quantitative estimate of drug-likeness (QED) is 0.264. The first kappa shape index (κ1) is 26.3. The highest BCUT2D eigenvalue weighted by atomic mass is 32.2. The summed E-state index contributed by atoms with van der Waals surface area (Å²) in [6.07, 6.45) is 0. The fraction of sp³-hybridized carbons (Fsp3) is 0.200. The molecule has 0 aliphatic carbocycles. The Balaban J connectivity index is 1.54. The highest BCUT2D eigenvalue weighted by Crippen LogP contribution is 2.24. The second-order valence-electron chi connectivity index (χ2n) is 8.83. The predicted molar refractivity (Wildman–Crippen MR) is 147 cm³/mol. The smallest absolute Gasteiger partial charge is 0.243 e. The summed E-state index contributed by atoms with van der Waals surface area (Å²) in [5.41, 5.74) is 4.97. The van der Waals surface area contributed by atoms with Crippen LogP contribution in [0.25, 0.3) is 0 Å². The monoisotopic (exact) mass is 516 g/mol. The Labute approximate surface area is 219 Å². The van der Waals surface area contributed by atoms with E-state index >= 15 is 0 Å². The van der Waals surface area contributed by atoms with Crippen LogP contribution in [0, 0.1) is 6.92 Å². The lowest BCUT2D eigenvalue weighted by atomic mass is 10.1. The van der Waals surface area contributed by atoms with Crippen molar-refractivity contribution >= 4 is 15.7 Å². The zero-order valence-electron chi connectivity index (χ0n) is 21.3. The maximum Gasteiger partial charge on any atom is 0.243 e. The van der Waals surface area contributed by atoms with Crippen molar-refractivity contribution < 1.29 is 17.9 Å². The summed E-state index contributed by atoms with van der Waals surface area (Å²) < 4.78 is 39.5. The summed E-state index contributed by atoms with van der Waals surface area (Å²) in [5, 5.41) is 3.36. The fourth-order valence-electron chi connectivity index (χ4n) is 3.90. The van der Waals surface area contributed by atoms with Gasteiger partial charge in [0.1, 0.15) is 11.5 Å². The minimum absolute atomic E-state index is 0.228. The van der Waals surface area contributed by atoms with Gasteiger partial charge in [-0.2, -0.15) is 4.31 Å². The van der Waals surface area contributed by atoms with Crippen molar-refractivity contribution in [2.24, 2.45) is 0 Å². The first-order valence-corrected chi connectivity index (χ1v) is 13.5. The molecule has 192 valence electrons. The van der Waals surface area contributed by atoms with Gasteiger partial charge in [-0.05, 0) is 72.1 Å². The van der Waals surface area contributed by atoms with Gasteiger partial charge in [0.25, 0.3) is 0 Å². The summed E-state index contributed by atoms with van der Waals surface area (Å²) in [6.45, 7) is 3.17. The second-order valence-corrected chi connectivity index (χ2v) is 10.8. The van der Waals surface area contributed by atoms with Crippen LogP contribution < -0.4 is 14.8 Å². The molecule has 0 heterocycles. The largest absolute Gasteiger partial charge is 0.497 e. The van der Waals surface area contributed by atoms with Crippen LogP contribution in [0.3, 0.4) is 0 Å². The van der Waals surface area contributed by atoms with Crippen molar-refractivity contribution in [3.05, 3.63) is 119 Å². The number of methoxy groups -OCH3 is 2. The number of sulfonamides is 1. The van der Waals surface area contributed by atoms with Gasteiger partial charge in [0, 0.05) is 25.3 Å². The van der Waals surface area contributed by atoms with Crippen molar-refractivity contribution in [2.75, 3.05) is 19.5 Å². The van der Waals surface area contributed by atoms with Gasteiger partial charge in [0.05, 0.1) is 19.1 Å². The average molecular weight is 517 g/mol. The first-order valence-electron chi connectivity index (χ1n) is 12.0. The van der Waals surface area contributed by atoms with Crippen molar-refractivity contribution in [2.45, 2.75) is 31.5 Å². The molecule has 0 saturated heterocycles. The molecule has 4 rings (SSSR count). The van der Waals surface area contributed by atoms with Crippen LogP contribution in [-0.4, -0.2) is 26.9 Å².